The van der Waals surface area contributed by atoms with Crippen molar-refractivity contribution in [2.45, 2.75) is 33.1 Å². The van der Waals surface area contributed by atoms with Crippen LogP contribution in [0.5, 0.6) is 23.0 Å². The molecule has 0 radical (unpaired) electrons. The molecule has 2 aromatic carbocycles. The second-order valence-corrected chi connectivity index (χ2v) is 7.17. The molecule has 4 rings (SSSR count). The van der Waals surface area contributed by atoms with Crippen LogP contribution in [0.25, 0.3) is 22.4 Å². The van der Waals surface area contributed by atoms with Gasteiger partial charge in [0.05, 0.1) is 19.8 Å². The van der Waals surface area contributed by atoms with Gasteiger partial charge >= 0.3 is 0 Å². The molecule has 1 aromatic heterocycles. The maximum absolute atomic E-state index is 10.6. The minimum atomic E-state index is 0.140. The molecular formula is C23H26N2O4. The van der Waals surface area contributed by atoms with Gasteiger partial charge in [0.2, 0.25) is 0 Å². The van der Waals surface area contributed by atoms with E-state index in [2.05, 4.69) is 17.1 Å². The van der Waals surface area contributed by atoms with Crippen LogP contribution in [0.15, 0.2) is 36.4 Å². The Labute approximate surface area is 170 Å². The van der Waals surface area contributed by atoms with E-state index in [0.717, 1.165) is 47.6 Å². The van der Waals surface area contributed by atoms with Crippen molar-refractivity contribution < 1.29 is 19.3 Å². The molecule has 6 heteroatoms. The van der Waals surface area contributed by atoms with Crippen LogP contribution in [0, 0.1) is 6.92 Å². The van der Waals surface area contributed by atoms with Crippen molar-refractivity contribution in [2.24, 2.45) is 0 Å². The van der Waals surface area contributed by atoms with Crippen molar-refractivity contribution in [2.75, 3.05) is 19.8 Å². The number of fused-ring (bicyclic) bond motifs is 1. The minimum Gasteiger partial charge on any atom is -0.507 e. The van der Waals surface area contributed by atoms with Crippen LogP contribution >= 0.6 is 0 Å². The number of hydrogen-bond acceptors (Lipinski definition) is 5. The zero-order valence-electron chi connectivity index (χ0n) is 16.8. The van der Waals surface area contributed by atoms with Crippen LogP contribution < -0.4 is 14.2 Å². The number of phenolic OH excluding ortho intramolecular Hbond substituents is 1. The SMILES string of the molecule is CCCCOc1ccc(-c2n[nH]c(C)c2-c2ccc3c(c2)OCCCO3)c(O)c1. The van der Waals surface area contributed by atoms with E-state index < -0.39 is 0 Å². The highest BCUT2D eigenvalue weighted by molar-refractivity contribution is 5.86. The number of phenols is 1. The number of aromatic hydroxyl groups is 1. The van der Waals surface area contributed by atoms with Gasteiger partial charge in [-0.05, 0) is 43.2 Å². The molecule has 0 fully saturated rings. The molecule has 0 bridgehead atoms. The summed E-state index contributed by atoms with van der Waals surface area (Å²) in [4.78, 5) is 0. The lowest BCUT2D eigenvalue weighted by Gasteiger charge is -2.12. The monoisotopic (exact) mass is 394 g/mol. The van der Waals surface area contributed by atoms with Gasteiger partial charge in [0.1, 0.15) is 17.2 Å². The standard InChI is InChI=1S/C23H26N2O4/c1-3-4-10-27-17-7-8-18(19(26)14-17)23-22(15(2)24-25-23)16-6-9-20-21(13-16)29-12-5-11-28-20/h6-9,13-14,26H,3-5,10-12H2,1-2H3,(H,24,25). The predicted octanol–water partition coefficient (Wildman–Crippen LogP) is 5.10. The van der Waals surface area contributed by atoms with Crippen molar-refractivity contribution in [3.63, 3.8) is 0 Å². The molecule has 29 heavy (non-hydrogen) atoms. The molecule has 0 unspecified atom stereocenters. The summed E-state index contributed by atoms with van der Waals surface area (Å²) in [6.07, 6.45) is 2.91. The highest BCUT2D eigenvalue weighted by atomic mass is 16.5. The molecule has 6 nitrogen and oxygen atoms in total. The molecule has 2 heterocycles. The zero-order chi connectivity index (χ0) is 20.2. The smallest absolute Gasteiger partial charge is 0.161 e. The minimum absolute atomic E-state index is 0.140. The third-order valence-electron chi connectivity index (χ3n) is 4.97. The number of ether oxygens (including phenoxy) is 3. The molecule has 0 saturated heterocycles. The number of hydrogen-bond donors (Lipinski definition) is 2. The Hall–Kier alpha value is -3.15. The summed E-state index contributed by atoms with van der Waals surface area (Å²) in [5.74, 6) is 2.28. The number of H-pyrrole nitrogens is 1. The molecule has 0 amide bonds. The van der Waals surface area contributed by atoms with E-state index in [1.54, 1.807) is 6.07 Å². The van der Waals surface area contributed by atoms with Gasteiger partial charge in [-0.1, -0.05) is 19.4 Å². The van der Waals surface area contributed by atoms with Crippen molar-refractivity contribution >= 4 is 0 Å². The molecular weight excluding hydrogens is 368 g/mol. The molecule has 1 aliphatic rings. The van der Waals surface area contributed by atoms with E-state index in [-0.39, 0.29) is 5.75 Å². The van der Waals surface area contributed by atoms with E-state index in [4.69, 9.17) is 14.2 Å². The maximum atomic E-state index is 10.6. The Balaban J connectivity index is 1.69. The fourth-order valence-electron chi connectivity index (χ4n) is 3.43. The summed E-state index contributed by atoms with van der Waals surface area (Å²) in [6, 6.07) is 11.3. The molecule has 152 valence electrons. The summed E-state index contributed by atoms with van der Waals surface area (Å²) < 4.78 is 17.3. The largest absolute Gasteiger partial charge is 0.507 e. The zero-order valence-corrected chi connectivity index (χ0v) is 16.8. The fraction of sp³-hybridized carbons (Fsp3) is 0.348. The third kappa shape index (κ3) is 4.01. The van der Waals surface area contributed by atoms with Gasteiger partial charge in [-0.2, -0.15) is 5.10 Å². The summed E-state index contributed by atoms with van der Waals surface area (Å²) in [6.45, 7) is 6.01. The molecule has 0 spiro atoms. The van der Waals surface area contributed by atoms with Gasteiger partial charge in [0.15, 0.2) is 11.5 Å². The topological polar surface area (TPSA) is 76.6 Å². The number of aromatic amines is 1. The van der Waals surface area contributed by atoms with Crippen LogP contribution in [0.1, 0.15) is 31.9 Å². The Morgan fingerprint density at radius 2 is 1.93 bits per heavy atom. The lowest BCUT2D eigenvalue weighted by molar-refractivity contribution is 0.297. The van der Waals surface area contributed by atoms with Crippen LogP contribution in [-0.4, -0.2) is 35.1 Å². The van der Waals surface area contributed by atoms with Gasteiger partial charge in [0, 0.05) is 29.3 Å². The first-order valence-electron chi connectivity index (χ1n) is 10.1. The van der Waals surface area contributed by atoms with Crippen molar-refractivity contribution in [3.8, 4) is 45.4 Å². The van der Waals surface area contributed by atoms with Crippen LogP contribution in [0.4, 0.5) is 0 Å². The number of unbranched alkanes of at least 4 members (excludes halogenated alkanes) is 1. The quantitative estimate of drug-likeness (QED) is 0.569. The molecule has 0 atom stereocenters. The molecule has 1 aliphatic heterocycles. The molecule has 2 N–H and O–H groups in total. The molecule has 0 saturated carbocycles. The average Bonchev–Trinajstić information content (AvgIpc) is 2.94. The van der Waals surface area contributed by atoms with Gasteiger partial charge in [-0.15, -0.1) is 0 Å². The average molecular weight is 394 g/mol. The van der Waals surface area contributed by atoms with E-state index in [1.165, 1.54) is 0 Å². The number of benzene rings is 2. The van der Waals surface area contributed by atoms with Crippen molar-refractivity contribution in [1.29, 1.82) is 0 Å². The lowest BCUT2D eigenvalue weighted by atomic mass is 9.98. The third-order valence-corrected chi connectivity index (χ3v) is 4.97. The summed E-state index contributed by atoms with van der Waals surface area (Å²) in [5.41, 5.74) is 4.14. The lowest BCUT2D eigenvalue weighted by Crippen LogP contribution is -1.97. The van der Waals surface area contributed by atoms with Gasteiger partial charge in [-0.25, -0.2) is 0 Å². The van der Waals surface area contributed by atoms with Crippen LogP contribution in [-0.2, 0) is 0 Å². The number of aryl methyl sites for hydroxylation is 1. The first-order valence-corrected chi connectivity index (χ1v) is 10.1. The van der Waals surface area contributed by atoms with E-state index in [0.29, 0.717) is 36.8 Å². The van der Waals surface area contributed by atoms with E-state index in [1.807, 2.05) is 37.3 Å². The summed E-state index contributed by atoms with van der Waals surface area (Å²) in [7, 11) is 0. The highest BCUT2D eigenvalue weighted by Gasteiger charge is 2.20. The first-order chi connectivity index (χ1) is 14.2. The number of nitrogens with one attached hydrogen (secondary N) is 1. The van der Waals surface area contributed by atoms with Crippen LogP contribution in [0.3, 0.4) is 0 Å². The van der Waals surface area contributed by atoms with Gasteiger partial charge in [0.25, 0.3) is 0 Å². The summed E-state index contributed by atoms with van der Waals surface area (Å²) in [5, 5.41) is 18.1. The second-order valence-electron chi connectivity index (χ2n) is 7.17. The number of nitrogens with zero attached hydrogens (tertiary/aromatic N) is 1. The number of aromatic nitrogens is 2. The van der Waals surface area contributed by atoms with E-state index >= 15 is 0 Å². The maximum Gasteiger partial charge on any atom is 0.161 e. The second kappa shape index (κ2) is 8.47. The molecule has 0 aliphatic carbocycles. The Bertz CT molecular complexity index is 997. The normalized spacial score (nSPS) is 13.2. The van der Waals surface area contributed by atoms with Crippen molar-refractivity contribution in [3.05, 3.63) is 42.1 Å². The Morgan fingerprint density at radius 3 is 2.72 bits per heavy atom. The Morgan fingerprint density at radius 1 is 1.10 bits per heavy atom. The fourth-order valence-corrected chi connectivity index (χ4v) is 3.43. The van der Waals surface area contributed by atoms with Gasteiger partial charge in [-0.3, -0.25) is 5.10 Å². The highest BCUT2D eigenvalue weighted by Crippen LogP contribution is 2.41. The van der Waals surface area contributed by atoms with Gasteiger partial charge < -0.3 is 19.3 Å². The Kier molecular flexibility index (Phi) is 5.60. The first kappa shape index (κ1) is 19.2. The van der Waals surface area contributed by atoms with Crippen molar-refractivity contribution in [1.82, 2.24) is 10.2 Å². The molecule has 3 aromatic rings. The number of rotatable bonds is 6. The van der Waals surface area contributed by atoms with Crippen LogP contribution in [0.2, 0.25) is 0 Å². The van der Waals surface area contributed by atoms with E-state index in [9.17, 15) is 5.11 Å². The summed E-state index contributed by atoms with van der Waals surface area (Å²) >= 11 is 0. The predicted molar refractivity (Wildman–Crippen MR) is 112 cm³/mol.